The minimum atomic E-state index is -2.83. The van der Waals surface area contributed by atoms with Crippen LogP contribution in [0, 0.1) is 5.41 Å². The van der Waals surface area contributed by atoms with Crippen molar-refractivity contribution in [3.05, 3.63) is 0 Å². The van der Waals surface area contributed by atoms with Crippen LogP contribution in [-0.2, 0) is 0 Å². The van der Waals surface area contributed by atoms with Crippen LogP contribution in [0.5, 0.6) is 0 Å². The molecule has 0 fully saturated rings. The summed E-state index contributed by atoms with van der Waals surface area (Å²) in [5.41, 5.74) is 4.68. The Kier molecular flexibility index (Phi) is 1.89. The van der Waals surface area contributed by atoms with Gasteiger partial charge in [0.05, 0.1) is 12.3 Å². The zero-order valence-electron chi connectivity index (χ0n) is 4.54. The molecule has 0 amide bonds. The summed E-state index contributed by atoms with van der Waals surface area (Å²) >= 11 is 0. The lowest BCUT2D eigenvalue weighted by molar-refractivity contribution is 0.0299. The molecule has 0 atom stereocenters. The van der Waals surface area contributed by atoms with Crippen LogP contribution in [0.15, 0.2) is 0 Å². The first-order valence-electron chi connectivity index (χ1n) is 2.12. The van der Waals surface area contributed by atoms with Crippen molar-refractivity contribution in [2.45, 2.75) is 19.3 Å². The third kappa shape index (κ3) is 5.33. The van der Waals surface area contributed by atoms with Crippen molar-refractivity contribution in [2.75, 3.05) is 0 Å². The zero-order valence-corrected chi connectivity index (χ0v) is 4.54. The Balaban J connectivity index is 3.55. The summed E-state index contributed by atoms with van der Waals surface area (Å²) in [6.45, 7) is 0.731. The molecular formula is C4H8F2N2. The number of rotatable bonds is 2. The molecule has 0 aliphatic rings. The number of alkyl halides is 2. The summed E-state index contributed by atoms with van der Waals surface area (Å²) in [5, 5.41) is 6.45. The van der Waals surface area contributed by atoms with Crippen molar-refractivity contribution in [2.24, 2.45) is 5.73 Å². The first-order valence-corrected chi connectivity index (χ1v) is 2.12. The highest BCUT2D eigenvalue weighted by atomic mass is 19.3. The Morgan fingerprint density at radius 2 is 2.12 bits per heavy atom. The monoisotopic (exact) mass is 122 g/mol. The van der Waals surface area contributed by atoms with Crippen LogP contribution >= 0.6 is 0 Å². The Morgan fingerprint density at radius 1 is 1.75 bits per heavy atom. The molecule has 0 spiro atoms. The lowest BCUT2D eigenvalue weighted by Crippen LogP contribution is -2.21. The molecule has 0 bridgehead atoms. The van der Waals surface area contributed by atoms with E-state index in [-0.39, 0.29) is 0 Å². The van der Waals surface area contributed by atoms with Crippen molar-refractivity contribution in [1.29, 1.82) is 5.41 Å². The second kappa shape index (κ2) is 2.07. The van der Waals surface area contributed by atoms with E-state index in [4.69, 9.17) is 5.41 Å². The van der Waals surface area contributed by atoms with Crippen LogP contribution in [0.3, 0.4) is 0 Å². The predicted octanol–water partition coefficient (Wildman–Crippen LogP) is 0.968. The molecule has 0 rings (SSSR count). The van der Waals surface area contributed by atoms with Gasteiger partial charge in [0.25, 0.3) is 5.92 Å². The number of hydrogen-bond donors (Lipinski definition) is 2. The average Bonchev–Trinajstić information content (AvgIpc) is 1.21. The molecule has 0 aliphatic heterocycles. The highest BCUT2D eigenvalue weighted by Crippen LogP contribution is 2.14. The summed E-state index contributed by atoms with van der Waals surface area (Å²) < 4.78 is 23.5. The van der Waals surface area contributed by atoms with Gasteiger partial charge in [0.15, 0.2) is 0 Å². The molecule has 0 aromatic heterocycles. The van der Waals surface area contributed by atoms with Crippen molar-refractivity contribution >= 4 is 5.84 Å². The van der Waals surface area contributed by atoms with Gasteiger partial charge in [-0.05, 0) is 6.92 Å². The number of halogens is 2. The maximum Gasteiger partial charge on any atom is 0.252 e. The first-order chi connectivity index (χ1) is 3.42. The van der Waals surface area contributed by atoms with Gasteiger partial charge in [0.1, 0.15) is 0 Å². The zero-order chi connectivity index (χ0) is 6.78. The van der Waals surface area contributed by atoms with E-state index in [1.54, 1.807) is 0 Å². The summed E-state index contributed by atoms with van der Waals surface area (Å²) in [7, 11) is 0. The molecule has 8 heavy (non-hydrogen) atoms. The normalized spacial score (nSPS) is 11.4. The van der Waals surface area contributed by atoms with Crippen LogP contribution in [0.2, 0.25) is 0 Å². The number of hydrogen-bond acceptors (Lipinski definition) is 1. The van der Waals surface area contributed by atoms with Crippen LogP contribution < -0.4 is 5.73 Å². The molecule has 0 heterocycles. The summed E-state index contributed by atoms with van der Waals surface area (Å²) in [5.74, 6) is -3.30. The van der Waals surface area contributed by atoms with Crippen LogP contribution in [0.25, 0.3) is 0 Å². The van der Waals surface area contributed by atoms with E-state index in [0.717, 1.165) is 6.92 Å². The molecule has 0 aromatic rings. The Bertz CT molecular complexity index is 94.7. The minimum absolute atomic E-state index is 0.475. The van der Waals surface area contributed by atoms with Gasteiger partial charge in [-0.2, -0.15) is 0 Å². The van der Waals surface area contributed by atoms with Crippen LogP contribution in [0.4, 0.5) is 8.78 Å². The van der Waals surface area contributed by atoms with Gasteiger partial charge in [0.2, 0.25) is 0 Å². The van der Waals surface area contributed by atoms with Gasteiger partial charge in [-0.3, -0.25) is 5.41 Å². The fourth-order valence-electron chi connectivity index (χ4n) is 0.334. The maximum absolute atomic E-state index is 11.8. The fraction of sp³-hybridized carbons (Fsp3) is 0.750. The molecular weight excluding hydrogens is 114 g/mol. The molecule has 0 radical (unpaired) electrons. The molecule has 0 unspecified atom stereocenters. The lowest BCUT2D eigenvalue weighted by atomic mass is 10.2. The van der Waals surface area contributed by atoms with Crippen molar-refractivity contribution in [3.8, 4) is 0 Å². The average molecular weight is 122 g/mol. The predicted molar refractivity (Wildman–Crippen MR) is 27.2 cm³/mol. The van der Waals surface area contributed by atoms with Gasteiger partial charge < -0.3 is 5.73 Å². The van der Waals surface area contributed by atoms with Crippen LogP contribution in [0.1, 0.15) is 13.3 Å². The van der Waals surface area contributed by atoms with E-state index in [2.05, 4.69) is 5.73 Å². The van der Waals surface area contributed by atoms with E-state index in [1.807, 2.05) is 0 Å². The van der Waals surface area contributed by atoms with Gasteiger partial charge in [-0.25, -0.2) is 8.78 Å². The second-order valence-corrected chi connectivity index (χ2v) is 1.77. The standard InChI is InChI=1S/C4H8F2N2/c1-4(5,6)2-3(7)8/h2H2,1H3,(H3,7,8). The number of nitrogens with two attached hydrogens (primary N) is 1. The van der Waals surface area contributed by atoms with Gasteiger partial charge in [0, 0.05) is 0 Å². The Labute approximate surface area is 46.2 Å². The van der Waals surface area contributed by atoms with E-state index >= 15 is 0 Å². The molecule has 0 aromatic carbocycles. The van der Waals surface area contributed by atoms with Crippen molar-refractivity contribution in [3.63, 3.8) is 0 Å². The largest absolute Gasteiger partial charge is 0.387 e. The van der Waals surface area contributed by atoms with E-state index in [9.17, 15) is 8.78 Å². The lowest BCUT2D eigenvalue weighted by Gasteiger charge is -2.06. The summed E-state index contributed by atoms with van der Waals surface area (Å²) in [6, 6.07) is 0. The van der Waals surface area contributed by atoms with Crippen molar-refractivity contribution in [1.82, 2.24) is 0 Å². The third-order valence-electron chi connectivity index (χ3n) is 0.501. The first kappa shape index (κ1) is 7.33. The molecule has 0 saturated carbocycles. The topological polar surface area (TPSA) is 49.9 Å². The molecule has 48 valence electrons. The smallest absolute Gasteiger partial charge is 0.252 e. The molecule has 3 N–H and O–H groups in total. The molecule has 0 saturated heterocycles. The SMILES string of the molecule is CC(F)(F)CC(=N)N. The summed E-state index contributed by atoms with van der Waals surface area (Å²) in [6.07, 6.45) is -0.646. The highest BCUT2D eigenvalue weighted by molar-refractivity contribution is 5.77. The Morgan fingerprint density at radius 3 is 2.12 bits per heavy atom. The second-order valence-electron chi connectivity index (χ2n) is 1.77. The van der Waals surface area contributed by atoms with E-state index < -0.39 is 18.2 Å². The quantitative estimate of drug-likeness (QED) is 0.416. The third-order valence-corrected chi connectivity index (χ3v) is 0.501. The van der Waals surface area contributed by atoms with E-state index in [0.29, 0.717) is 0 Å². The summed E-state index contributed by atoms with van der Waals surface area (Å²) in [4.78, 5) is 0. The van der Waals surface area contributed by atoms with Crippen molar-refractivity contribution < 1.29 is 8.78 Å². The van der Waals surface area contributed by atoms with Crippen LogP contribution in [-0.4, -0.2) is 11.8 Å². The highest BCUT2D eigenvalue weighted by Gasteiger charge is 2.21. The molecule has 4 heteroatoms. The maximum atomic E-state index is 11.8. The van der Waals surface area contributed by atoms with Gasteiger partial charge >= 0.3 is 0 Å². The molecule has 2 nitrogen and oxygen atoms in total. The van der Waals surface area contributed by atoms with Gasteiger partial charge in [-0.1, -0.05) is 0 Å². The molecule has 0 aliphatic carbocycles. The van der Waals surface area contributed by atoms with E-state index in [1.165, 1.54) is 0 Å². The Hall–Kier alpha value is -0.670. The number of amidine groups is 1. The fourth-order valence-corrected chi connectivity index (χ4v) is 0.334. The minimum Gasteiger partial charge on any atom is -0.387 e. The number of nitrogens with one attached hydrogen (secondary N) is 1. The van der Waals surface area contributed by atoms with Gasteiger partial charge in [-0.15, -0.1) is 0 Å².